The molecular formula is C12H26N2S. The van der Waals surface area contributed by atoms with Crippen molar-refractivity contribution in [3.63, 3.8) is 0 Å². The quantitative estimate of drug-likeness (QED) is 0.779. The van der Waals surface area contributed by atoms with Crippen LogP contribution in [0.3, 0.4) is 0 Å². The van der Waals surface area contributed by atoms with Crippen molar-refractivity contribution in [2.45, 2.75) is 51.2 Å². The summed E-state index contributed by atoms with van der Waals surface area (Å²) in [5, 5.41) is 3.41. The van der Waals surface area contributed by atoms with Crippen LogP contribution >= 0.6 is 11.8 Å². The van der Waals surface area contributed by atoms with E-state index in [2.05, 4.69) is 37.4 Å². The lowest BCUT2D eigenvalue weighted by Crippen LogP contribution is -2.51. The Labute approximate surface area is 99.2 Å². The SMILES string of the molecule is CCC(CSC)N1CCC(NC)CC1C. The van der Waals surface area contributed by atoms with E-state index in [9.17, 15) is 0 Å². The molecule has 1 aliphatic heterocycles. The predicted octanol–water partition coefficient (Wildman–Crippen LogP) is 2.20. The van der Waals surface area contributed by atoms with Gasteiger partial charge in [-0.3, -0.25) is 4.90 Å². The smallest absolute Gasteiger partial charge is 0.0186 e. The van der Waals surface area contributed by atoms with Gasteiger partial charge >= 0.3 is 0 Å². The fourth-order valence-corrected chi connectivity index (χ4v) is 3.45. The van der Waals surface area contributed by atoms with Crippen molar-refractivity contribution < 1.29 is 0 Å². The summed E-state index contributed by atoms with van der Waals surface area (Å²) >= 11 is 1.98. The molecule has 15 heavy (non-hydrogen) atoms. The molecule has 0 spiro atoms. The maximum absolute atomic E-state index is 3.41. The second-order valence-corrected chi connectivity index (χ2v) is 5.52. The zero-order valence-electron chi connectivity index (χ0n) is 10.6. The number of likely N-dealkylation sites (tertiary alicyclic amines) is 1. The van der Waals surface area contributed by atoms with Crippen LogP contribution < -0.4 is 5.32 Å². The zero-order valence-corrected chi connectivity index (χ0v) is 11.4. The molecule has 3 unspecified atom stereocenters. The molecule has 3 atom stereocenters. The Balaban J connectivity index is 2.47. The number of thioether (sulfide) groups is 1. The Morgan fingerprint density at radius 3 is 2.73 bits per heavy atom. The summed E-state index contributed by atoms with van der Waals surface area (Å²) in [7, 11) is 2.09. The second-order valence-electron chi connectivity index (χ2n) is 4.61. The van der Waals surface area contributed by atoms with E-state index in [1.165, 1.54) is 31.6 Å². The minimum atomic E-state index is 0.739. The Hall–Kier alpha value is 0.270. The lowest BCUT2D eigenvalue weighted by molar-refractivity contribution is 0.0976. The third kappa shape index (κ3) is 3.65. The van der Waals surface area contributed by atoms with Gasteiger partial charge in [0.05, 0.1) is 0 Å². The largest absolute Gasteiger partial charge is 0.317 e. The van der Waals surface area contributed by atoms with Gasteiger partial charge < -0.3 is 5.32 Å². The van der Waals surface area contributed by atoms with Gasteiger partial charge in [-0.1, -0.05) is 6.92 Å². The van der Waals surface area contributed by atoms with E-state index in [1.54, 1.807) is 0 Å². The van der Waals surface area contributed by atoms with Crippen molar-refractivity contribution in [1.29, 1.82) is 0 Å². The summed E-state index contributed by atoms with van der Waals surface area (Å²) in [6, 6.07) is 2.27. The van der Waals surface area contributed by atoms with Gasteiger partial charge in [-0.05, 0) is 39.5 Å². The van der Waals surface area contributed by atoms with Crippen LogP contribution in [-0.4, -0.2) is 48.6 Å². The average molecular weight is 230 g/mol. The molecule has 0 aromatic rings. The number of nitrogens with one attached hydrogen (secondary N) is 1. The Bertz CT molecular complexity index is 175. The van der Waals surface area contributed by atoms with Crippen molar-refractivity contribution in [3.05, 3.63) is 0 Å². The predicted molar refractivity (Wildman–Crippen MR) is 70.7 cm³/mol. The molecule has 0 saturated carbocycles. The maximum Gasteiger partial charge on any atom is 0.0186 e. The minimum Gasteiger partial charge on any atom is -0.317 e. The van der Waals surface area contributed by atoms with Gasteiger partial charge in [0.1, 0.15) is 0 Å². The first kappa shape index (κ1) is 13.3. The van der Waals surface area contributed by atoms with Gasteiger partial charge in [-0.2, -0.15) is 11.8 Å². The van der Waals surface area contributed by atoms with Crippen molar-refractivity contribution in [2.24, 2.45) is 0 Å². The highest BCUT2D eigenvalue weighted by atomic mass is 32.2. The zero-order chi connectivity index (χ0) is 11.3. The Morgan fingerprint density at radius 1 is 1.53 bits per heavy atom. The Kier molecular flexibility index (Phi) is 6.02. The highest BCUT2D eigenvalue weighted by Crippen LogP contribution is 2.22. The van der Waals surface area contributed by atoms with Gasteiger partial charge in [0, 0.05) is 30.4 Å². The first-order chi connectivity index (χ1) is 7.22. The van der Waals surface area contributed by atoms with Gasteiger partial charge in [-0.25, -0.2) is 0 Å². The Morgan fingerprint density at radius 2 is 2.27 bits per heavy atom. The van der Waals surface area contributed by atoms with Crippen LogP contribution in [0.15, 0.2) is 0 Å². The maximum atomic E-state index is 3.41. The van der Waals surface area contributed by atoms with Crippen LogP contribution in [0.25, 0.3) is 0 Å². The van der Waals surface area contributed by atoms with Gasteiger partial charge in [0.15, 0.2) is 0 Å². The average Bonchev–Trinajstić information content (AvgIpc) is 2.26. The molecule has 1 fully saturated rings. The van der Waals surface area contributed by atoms with Gasteiger partial charge in [0.25, 0.3) is 0 Å². The molecule has 1 rings (SSSR count). The van der Waals surface area contributed by atoms with Gasteiger partial charge in [0.2, 0.25) is 0 Å². The van der Waals surface area contributed by atoms with Crippen LogP contribution in [-0.2, 0) is 0 Å². The first-order valence-corrected chi connectivity index (χ1v) is 7.54. The third-order valence-electron chi connectivity index (χ3n) is 3.64. The third-order valence-corrected chi connectivity index (χ3v) is 4.35. The normalized spacial score (nSPS) is 30.4. The molecule has 1 N–H and O–H groups in total. The van der Waals surface area contributed by atoms with E-state index < -0.39 is 0 Å². The number of rotatable bonds is 5. The van der Waals surface area contributed by atoms with Crippen molar-refractivity contribution in [1.82, 2.24) is 10.2 Å². The van der Waals surface area contributed by atoms with Crippen LogP contribution in [0.5, 0.6) is 0 Å². The summed E-state index contributed by atoms with van der Waals surface area (Å²) in [4.78, 5) is 2.71. The van der Waals surface area contributed by atoms with Crippen LogP contribution in [0, 0.1) is 0 Å². The number of piperidine rings is 1. The molecule has 90 valence electrons. The second kappa shape index (κ2) is 6.77. The van der Waals surface area contributed by atoms with E-state index >= 15 is 0 Å². The summed E-state index contributed by atoms with van der Waals surface area (Å²) in [5.41, 5.74) is 0. The molecule has 0 aliphatic carbocycles. The summed E-state index contributed by atoms with van der Waals surface area (Å²) in [6.07, 6.45) is 6.12. The van der Waals surface area contributed by atoms with E-state index in [-0.39, 0.29) is 0 Å². The van der Waals surface area contributed by atoms with E-state index in [0.29, 0.717) is 0 Å². The molecule has 0 aromatic carbocycles. The molecule has 1 saturated heterocycles. The van der Waals surface area contributed by atoms with Crippen LogP contribution in [0.2, 0.25) is 0 Å². The molecule has 0 amide bonds. The molecule has 1 heterocycles. The number of hydrogen-bond acceptors (Lipinski definition) is 3. The fraction of sp³-hybridized carbons (Fsp3) is 1.00. The highest BCUT2D eigenvalue weighted by Gasteiger charge is 2.28. The van der Waals surface area contributed by atoms with Crippen molar-refractivity contribution in [2.75, 3.05) is 25.6 Å². The monoisotopic (exact) mass is 230 g/mol. The topological polar surface area (TPSA) is 15.3 Å². The first-order valence-electron chi connectivity index (χ1n) is 6.14. The van der Waals surface area contributed by atoms with Crippen molar-refractivity contribution in [3.8, 4) is 0 Å². The molecule has 0 aromatic heterocycles. The van der Waals surface area contributed by atoms with Gasteiger partial charge in [-0.15, -0.1) is 0 Å². The number of nitrogens with zero attached hydrogens (tertiary/aromatic N) is 1. The standard InChI is InChI=1S/C12H26N2S/c1-5-12(9-15-4)14-7-6-11(13-3)8-10(14)2/h10-13H,5-9H2,1-4H3. The molecule has 1 aliphatic rings. The molecule has 0 bridgehead atoms. The molecule has 2 nitrogen and oxygen atoms in total. The number of hydrogen-bond donors (Lipinski definition) is 1. The fourth-order valence-electron chi connectivity index (χ4n) is 2.64. The van der Waals surface area contributed by atoms with Crippen molar-refractivity contribution >= 4 is 11.8 Å². The molecule has 0 radical (unpaired) electrons. The summed E-state index contributed by atoms with van der Waals surface area (Å²) < 4.78 is 0. The molecule has 3 heteroatoms. The van der Waals surface area contributed by atoms with Crippen LogP contribution in [0.1, 0.15) is 33.1 Å². The lowest BCUT2D eigenvalue weighted by atomic mass is 9.96. The van der Waals surface area contributed by atoms with E-state index in [1.807, 2.05) is 11.8 Å². The summed E-state index contributed by atoms with van der Waals surface area (Å²) in [5.74, 6) is 1.28. The van der Waals surface area contributed by atoms with Crippen LogP contribution in [0.4, 0.5) is 0 Å². The summed E-state index contributed by atoms with van der Waals surface area (Å²) in [6.45, 7) is 5.97. The molecular weight excluding hydrogens is 204 g/mol. The van der Waals surface area contributed by atoms with E-state index in [0.717, 1.165) is 18.1 Å². The lowest BCUT2D eigenvalue weighted by Gasteiger charge is -2.42. The van der Waals surface area contributed by atoms with E-state index in [4.69, 9.17) is 0 Å². The minimum absolute atomic E-state index is 0.739. The highest BCUT2D eigenvalue weighted by molar-refractivity contribution is 7.98.